The van der Waals surface area contributed by atoms with Gasteiger partial charge in [0, 0.05) is 26.0 Å². The molecule has 0 saturated carbocycles. The first-order chi connectivity index (χ1) is 9.63. The normalized spacial score (nSPS) is 10.9. The molecule has 102 valence electrons. The quantitative estimate of drug-likeness (QED) is 0.742. The van der Waals surface area contributed by atoms with Crippen LogP contribution in [0.2, 0.25) is 0 Å². The minimum atomic E-state index is -0.0578. The van der Waals surface area contributed by atoms with E-state index in [1.165, 1.54) is 0 Å². The smallest absolute Gasteiger partial charge is 0.274 e. The molecule has 20 heavy (non-hydrogen) atoms. The average molecular weight is 285 g/mol. The van der Waals surface area contributed by atoms with Crippen molar-refractivity contribution >= 4 is 22.9 Å². The maximum Gasteiger partial charge on any atom is 0.274 e. The zero-order valence-corrected chi connectivity index (χ0v) is 12.2. The van der Waals surface area contributed by atoms with Crippen molar-refractivity contribution in [2.24, 2.45) is 0 Å². The Morgan fingerprint density at radius 2 is 2.30 bits per heavy atom. The Kier molecular flexibility index (Phi) is 3.28. The van der Waals surface area contributed by atoms with E-state index in [9.17, 15) is 4.79 Å². The standard InChI is InChI=1S/C15H15N3OS/c1-11-3-5-18-9-13(16-14(18)7-11)15(19)17(2)8-12-4-6-20-10-12/h3-7,9-10H,8H2,1-2H3. The molecule has 1 amide bonds. The number of aryl methyl sites for hydroxylation is 1. The van der Waals surface area contributed by atoms with Crippen LogP contribution in [0.5, 0.6) is 0 Å². The van der Waals surface area contributed by atoms with E-state index >= 15 is 0 Å². The largest absolute Gasteiger partial charge is 0.336 e. The highest BCUT2D eigenvalue weighted by Crippen LogP contribution is 2.12. The second-order valence-corrected chi connectivity index (χ2v) is 5.67. The summed E-state index contributed by atoms with van der Waals surface area (Å²) >= 11 is 1.64. The first-order valence-corrected chi connectivity index (χ1v) is 7.29. The van der Waals surface area contributed by atoms with Crippen LogP contribution in [-0.4, -0.2) is 27.2 Å². The molecule has 0 unspecified atom stereocenters. The summed E-state index contributed by atoms with van der Waals surface area (Å²) < 4.78 is 1.87. The number of imidazole rings is 1. The molecule has 0 atom stereocenters. The molecule has 0 saturated heterocycles. The second-order valence-electron chi connectivity index (χ2n) is 4.89. The topological polar surface area (TPSA) is 37.6 Å². The number of carbonyl (C=O) groups excluding carboxylic acids is 1. The Morgan fingerprint density at radius 3 is 3.05 bits per heavy atom. The molecule has 0 bridgehead atoms. The van der Waals surface area contributed by atoms with E-state index in [4.69, 9.17) is 0 Å². The number of hydrogen-bond acceptors (Lipinski definition) is 3. The molecule has 0 aliphatic heterocycles. The van der Waals surface area contributed by atoms with Crippen molar-refractivity contribution in [3.63, 3.8) is 0 Å². The minimum absolute atomic E-state index is 0.0578. The van der Waals surface area contributed by atoms with Crippen molar-refractivity contribution in [3.8, 4) is 0 Å². The number of pyridine rings is 1. The summed E-state index contributed by atoms with van der Waals surface area (Å²) in [6.07, 6.45) is 3.70. The van der Waals surface area contributed by atoms with Crippen molar-refractivity contribution in [3.05, 3.63) is 58.2 Å². The molecule has 0 aliphatic rings. The van der Waals surface area contributed by atoms with Crippen molar-refractivity contribution < 1.29 is 4.79 Å². The van der Waals surface area contributed by atoms with Crippen LogP contribution < -0.4 is 0 Å². The van der Waals surface area contributed by atoms with Gasteiger partial charge < -0.3 is 9.30 Å². The molecular weight excluding hydrogens is 270 g/mol. The van der Waals surface area contributed by atoms with Crippen LogP contribution in [0.3, 0.4) is 0 Å². The Morgan fingerprint density at radius 1 is 1.45 bits per heavy atom. The monoisotopic (exact) mass is 285 g/mol. The number of hydrogen-bond donors (Lipinski definition) is 0. The van der Waals surface area contributed by atoms with Crippen molar-refractivity contribution in [2.75, 3.05) is 7.05 Å². The average Bonchev–Trinajstić information content (AvgIpc) is 3.06. The Balaban J connectivity index is 1.84. The molecule has 0 radical (unpaired) electrons. The summed E-state index contributed by atoms with van der Waals surface area (Å²) in [7, 11) is 1.80. The molecular formula is C15H15N3OS. The van der Waals surface area contributed by atoms with Gasteiger partial charge in [-0.2, -0.15) is 11.3 Å². The first kappa shape index (κ1) is 12.9. The third-order valence-electron chi connectivity index (χ3n) is 3.18. The second kappa shape index (κ2) is 5.09. The van der Waals surface area contributed by atoms with Crippen LogP contribution in [0.1, 0.15) is 21.6 Å². The van der Waals surface area contributed by atoms with Gasteiger partial charge in [-0.3, -0.25) is 4.79 Å². The molecule has 0 fully saturated rings. The Labute approximate surface area is 121 Å². The predicted octanol–water partition coefficient (Wildman–Crippen LogP) is 2.98. The highest BCUT2D eigenvalue weighted by Gasteiger charge is 2.15. The first-order valence-electron chi connectivity index (χ1n) is 6.35. The van der Waals surface area contributed by atoms with Gasteiger partial charge in [-0.25, -0.2) is 4.98 Å². The summed E-state index contributed by atoms with van der Waals surface area (Å²) in [5, 5.41) is 4.07. The highest BCUT2D eigenvalue weighted by atomic mass is 32.1. The van der Waals surface area contributed by atoms with Crippen LogP contribution in [-0.2, 0) is 6.54 Å². The molecule has 3 rings (SSSR count). The number of fused-ring (bicyclic) bond motifs is 1. The lowest BCUT2D eigenvalue weighted by Gasteiger charge is -2.14. The molecule has 0 aliphatic carbocycles. The number of aromatic nitrogens is 2. The van der Waals surface area contributed by atoms with Gasteiger partial charge in [-0.05, 0) is 47.0 Å². The van der Waals surface area contributed by atoms with Crippen LogP contribution in [0.4, 0.5) is 0 Å². The van der Waals surface area contributed by atoms with E-state index < -0.39 is 0 Å². The van der Waals surface area contributed by atoms with Crippen molar-refractivity contribution in [2.45, 2.75) is 13.5 Å². The third kappa shape index (κ3) is 2.44. The van der Waals surface area contributed by atoms with Crippen LogP contribution >= 0.6 is 11.3 Å². The van der Waals surface area contributed by atoms with Gasteiger partial charge in [0.15, 0.2) is 0 Å². The number of amides is 1. The lowest BCUT2D eigenvalue weighted by Crippen LogP contribution is -2.26. The van der Waals surface area contributed by atoms with Gasteiger partial charge in [0.25, 0.3) is 5.91 Å². The minimum Gasteiger partial charge on any atom is -0.336 e. The van der Waals surface area contributed by atoms with Crippen LogP contribution in [0, 0.1) is 6.92 Å². The number of nitrogens with zero attached hydrogens (tertiary/aromatic N) is 3. The lowest BCUT2D eigenvalue weighted by molar-refractivity contribution is 0.0780. The van der Waals surface area contributed by atoms with Gasteiger partial charge in [0.1, 0.15) is 11.3 Å². The van der Waals surface area contributed by atoms with Crippen LogP contribution in [0.15, 0.2) is 41.4 Å². The molecule has 0 N–H and O–H groups in total. The number of carbonyl (C=O) groups is 1. The zero-order chi connectivity index (χ0) is 14.1. The fourth-order valence-corrected chi connectivity index (χ4v) is 2.77. The van der Waals surface area contributed by atoms with Gasteiger partial charge in [-0.15, -0.1) is 0 Å². The number of rotatable bonds is 3. The summed E-state index contributed by atoms with van der Waals surface area (Å²) in [4.78, 5) is 18.5. The molecule has 4 nitrogen and oxygen atoms in total. The van der Waals surface area contributed by atoms with E-state index in [0.717, 1.165) is 16.8 Å². The van der Waals surface area contributed by atoms with Gasteiger partial charge >= 0.3 is 0 Å². The van der Waals surface area contributed by atoms with Crippen molar-refractivity contribution in [1.82, 2.24) is 14.3 Å². The molecule has 0 aromatic carbocycles. The summed E-state index contributed by atoms with van der Waals surface area (Å²) in [5.74, 6) is -0.0578. The van der Waals surface area contributed by atoms with E-state index in [2.05, 4.69) is 10.4 Å². The molecule has 3 aromatic rings. The zero-order valence-electron chi connectivity index (χ0n) is 11.4. The van der Waals surface area contributed by atoms with Gasteiger partial charge in [0.05, 0.1) is 0 Å². The molecule has 0 spiro atoms. The fraction of sp³-hybridized carbons (Fsp3) is 0.200. The maximum absolute atomic E-state index is 12.4. The SMILES string of the molecule is Cc1ccn2cc(C(=O)N(C)Cc3ccsc3)nc2c1. The molecule has 3 aromatic heterocycles. The van der Waals surface area contributed by atoms with Gasteiger partial charge in [-0.1, -0.05) is 0 Å². The maximum atomic E-state index is 12.4. The summed E-state index contributed by atoms with van der Waals surface area (Å²) in [5.41, 5.74) is 3.56. The molecule has 5 heteroatoms. The molecule has 3 heterocycles. The van der Waals surface area contributed by atoms with E-state index in [1.54, 1.807) is 29.5 Å². The lowest BCUT2D eigenvalue weighted by atomic mass is 10.3. The van der Waals surface area contributed by atoms with E-state index in [1.807, 2.05) is 41.1 Å². The fourth-order valence-electron chi connectivity index (χ4n) is 2.11. The summed E-state index contributed by atoms with van der Waals surface area (Å²) in [6, 6.07) is 6.00. The Bertz CT molecular complexity index is 746. The van der Waals surface area contributed by atoms with Crippen molar-refractivity contribution in [1.29, 1.82) is 0 Å². The number of thiophene rings is 1. The Hall–Kier alpha value is -2.14. The highest BCUT2D eigenvalue weighted by molar-refractivity contribution is 7.07. The summed E-state index contributed by atoms with van der Waals surface area (Å²) in [6.45, 7) is 2.62. The van der Waals surface area contributed by atoms with E-state index in [-0.39, 0.29) is 5.91 Å². The van der Waals surface area contributed by atoms with E-state index in [0.29, 0.717) is 12.2 Å². The van der Waals surface area contributed by atoms with Crippen LogP contribution in [0.25, 0.3) is 5.65 Å². The predicted molar refractivity (Wildman–Crippen MR) is 80.0 cm³/mol. The van der Waals surface area contributed by atoms with Gasteiger partial charge in [0.2, 0.25) is 0 Å². The third-order valence-corrected chi connectivity index (χ3v) is 3.91.